The fraction of sp³-hybridized carbons (Fsp3) is 0.111. The first-order valence-electron chi connectivity index (χ1n) is 4.38. The Bertz CT molecular complexity index is 689. The number of fused-ring (bicyclic) bond motifs is 1. The van der Waals surface area contributed by atoms with Crippen LogP contribution in [0.3, 0.4) is 0 Å². The largest absolute Gasteiger partial charge is 0.534 e. The molecule has 0 fully saturated rings. The summed E-state index contributed by atoms with van der Waals surface area (Å²) in [7, 11) is -5.72. The van der Waals surface area contributed by atoms with E-state index in [0.717, 1.165) is 6.26 Å². The molecule has 0 N–H and O–H groups in total. The summed E-state index contributed by atoms with van der Waals surface area (Å²) in [6, 6.07) is 3.98. The van der Waals surface area contributed by atoms with Gasteiger partial charge in [-0.15, -0.1) is 0 Å². The zero-order valence-electron chi connectivity index (χ0n) is 8.36. The zero-order chi connectivity index (χ0) is 13.6. The lowest BCUT2D eigenvalue weighted by Gasteiger charge is -2.07. The molecule has 0 unspecified atom stereocenters. The van der Waals surface area contributed by atoms with Crippen molar-refractivity contribution in [1.82, 2.24) is 0 Å². The van der Waals surface area contributed by atoms with Crippen LogP contribution < -0.4 is 4.18 Å². The second-order valence-corrected chi connectivity index (χ2v) is 5.20. The highest BCUT2D eigenvalue weighted by Gasteiger charge is 2.48. The number of benzene rings is 1. The molecular formula is C9H4ClF3O4S. The number of furan rings is 1. The molecule has 4 nitrogen and oxygen atoms in total. The van der Waals surface area contributed by atoms with E-state index in [1.54, 1.807) is 0 Å². The lowest BCUT2D eigenvalue weighted by Crippen LogP contribution is -2.27. The van der Waals surface area contributed by atoms with Gasteiger partial charge < -0.3 is 8.60 Å². The standard InChI is InChI=1S/C9H4ClF3O4S/c10-5-1-2-6-7(3-5)16-4-8(6)17-18(14,15)9(11,12)13/h1-4H. The fourth-order valence-electron chi connectivity index (χ4n) is 1.21. The van der Waals surface area contributed by atoms with Crippen molar-refractivity contribution >= 4 is 32.7 Å². The molecule has 0 aliphatic carbocycles. The van der Waals surface area contributed by atoms with Crippen LogP contribution in [0.5, 0.6) is 5.75 Å². The minimum absolute atomic E-state index is 0.0761. The zero-order valence-corrected chi connectivity index (χ0v) is 9.93. The van der Waals surface area contributed by atoms with Gasteiger partial charge in [-0.2, -0.15) is 21.6 Å². The molecule has 0 aliphatic rings. The molecule has 18 heavy (non-hydrogen) atoms. The summed E-state index contributed by atoms with van der Waals surface area (Å²) in [6.07, 6.45) is 0.768. The van der Waals surface area contributed by atoms with E-state index >= 15 is 0 Å². The first kappa shape index (κ1) is 13.0. The number of rotatable bonds is 2. The van der Waals surface area contributed by atoms with E-state index in [1.807, 2.05) is 0 Å². The van der Waals surface area contributed by atoms with Crippen LogP contribution in [0, 0.1) is 0 Å². The molecule has 0 saturated heterocycles. The van der Waals surface area contributed by atoms with E-state index in [4.69, 9.17) is 16.0 Å². The molecule has 0 amide bonds. The van der Waals surface area contributed by atoms with Gasteiger partial charge in [0, 0.05) is 11.1 Å². The van der Waals surface area contributed by atoms with Gasteiger partial charge in [-0.25, -0.2) is 0 Å². The van der Waals surface area contributed by atoms with E-state index in [0.29, 0.717) is 5.02 Å². The van der Waals surface area contributed by atoms with Crippen LogP contribution in [0.2, 0.25) is 5.02 Å². The molecule has 1 heterocycles. The Morgan fingerprint density at radius 1 is 1.28 bits per heavy atom. The van der Waals surface area contributed by atoms with Crippen molar-refractivity contribution in [2.75, 3.05) is 0 Å². The maximum Gasteiger partial charge on any atom is 0.534 e. The predicted octanol–water partition coefficient (Wildman–Crippen LogP) is 3.31. The average Bonchev–Trinajstić information content (AvgIpc) is 2.58. The van der Waals surface area contributed by atoms with Gasteiger partial charge in [0.05, 0.1) is 5.39 Å². The third-order valence-corrected chi connectivity index (χ3v) is 3.19. The fourth-order valence-corrected chi connectivity index (χ4v) is 1.83. The van der Waals surface area contributed by atoms with Gasteiger partial charge in [-0.1, -0.05) is 11.6 Å². The highest BCUT2D eigenvalue weighted by atomic mass is 35.5. The first-order chi connectivity index (χ1) is 8.21. The van der Waals surface area contributed by atoms with Crippen LogP contribution in [0.15, 0.2) is 28.9 Å². The van der Waals surface area contributed by atoms with Crippen LogP contribution in [0.25, 0.3) is 11.0 Å². The van der Waals surface area contributed by atoms with Crippen molar-refractivity contribution in [2.45, 2.75) is 5.51 Å². The molecule has 2 rings (SSSR count). The van der Waals surface area contributed by atoms with Crippen molar-refractivity contribution in [3.05, 3.63) is 29.5 Å². The monoisotopic (exact) mass is 300 g/mol. The summed E-state index contributed by atoms with van der Waals surface area (Å²) in [4.78, 5) is 0. The lowest BCUT2D eigenvalue weighted by molar-refractivity contribution is -0.0499. The van der Waals surface area contributed by atoms with Gasteiger partial charge in [0.1, 0.15) is 11.8 Å². The molecular weight excluding hydrogens is 297 g/mol. The molecule has 1 aromatic carbocycles. The molecule has 0 aliphatic heterocycles. The molecule has 98 valence electrons. The molecule has 0 radical (unpaired) electrons. The Labute approximate surface area is 104 Å². The summed E-state index contributed by atoms with van der Waals surface area (Å²) in [5.41, 5.74) is -5.38. The van der Waals surface area contributed by atoms with Crippen LogP contribution >= 0.6 is 11.6 Å². The SMILES string of the molecule is O=S(=O)(Oc1coc2cc(Cl)ccc12)C(F)(F)F. The van der Waals surface area contributed by atoms with E-state index in [-0.39, 0.29) is 11.0 Å². The molecule has 1 aromatic heterocycles. The predicted molar refractivity (Wildman–Crippen MR) is 56.8 cm³/mol. The van der Waals surface area contributed by atoms with E-state index in [1.165, 1.54) is 18.2 Å². The Morgan fingerprint density at radius 3 is 2.56 bits per heavy atom. The molecule has 0 spiro atoms. The van der Waals surface area contributed by atoms with E-state index < -0.39 is 21.4 Å². The van der Waals surface area contributed by atoms with Gasteiger partial charge >= 0.3 is 15.6 Å². The normalized spacial score (nSPS) is 12.9. The highest BCUT2D eigenvalue weighted by Crippen LogP contribution is 2.34. The molecule has 0 atom stereocenters. The molecule has 2 aromatic rings. The van der Waals surface area contributed by atoms with Crippen molar-refractivity contribution in [3.8, 4) is 5.75 Å². The summed E-state index contributed by atoms with van der Waals surface area (Å²) >= 11 is 5.63. The summed E-state index contributed by atoms with van der Waals surface area (Å²) in [6.45, 7) is 0. The Balaban J connectivity index is 2.45. The minimum atomic E-state index is -5.72. The average molecular weight is 301 g/mol. The number of hydrogen-bond acceptors (Lipinski definition) is 4. The topological polar surface area (TPSA) is 56.5 Å². The van der Waals surface area contributed by atoms with Crippen LogP contribution in [-0.2, 0) is 10.1 Å². The van der Waals surface area contributed by atoms with Crippen molar-refractivity contribution < 1.29 is 30.2 Å². The highest BCUT2D eigenvalue weighted by molar-refractivity contribution is 7.88. The molecule has 0 saturated carbocycles. The minimum Gasteiger partial charge on any atom is -0.460 e. The third kappa shape index (κ3) is 2.25. The van der Waals surface area contributed by atoms with Crippen molar-refractivity contribution in [2.24, 2.45) is 0 Å². The summed E-state index contributed by atoms with van der Waals surface area (Å²) < 4.78 is 66.8. The Morgan fingerprint density at radius 2 is 1.94 bits per heavy atom. The lowest BCUT2D eigenvalue weighted by atomic mass is 10.2. The van der Waals surface area contributed by atoms with Crippen LogP contribution in [0.1, 0.15) is 0 Å². The Kier molecular flexibility index (Phi) is 2.94. The van der Waals surface area contributed by atoms with Crippen LogP contribution in [-0.4, -0.2) is 13.9 Å². The second-order valence-electron chi connectivity index (χ2n) is 3.22. The number of hydrogen-bond donors (Lipinski definition) is 0. The quantitative estimate of drug-likeness (QED) is 0.630. The Hall–Kier alpha value is -1.41. The summed E-state index contributed by atoms with van der Waals surface area (Å²) in [5, 5.41) is 0.370. The second kappa shape index (κ2) is 4.06. The maximum atomic E-state index is 12.1. The molecule has 0 bridgehead atoms. The van der Waals surface area contributed by atoms with E-state index in [2.05, 4.69) is 4.18 Å². The van der Waals surface area contributed by atoms with Crippen LogP contribution in [0.4, 0.5) is 13.2 Å². The van der Waals surface area contributed by atoms with Crippen molar-refractivity contribution in [1.29, 1.82) is 0 Å². The van der Waals surface area contributed by atoms with Crippen molar-refractivity contribution in [3.63, 3.8) is 0 Å². The van der Waals surface area contributed by atoms with E-state index in [9.17, 15) is 21.6 Å². The van der Waals surface area contributed by atoms with Gasteiger partial charge in [-0.3, -0.25) is 0 Å². The maximum absolute atomic E-state index is 12.1. The number of halogens is 4. The van der Waals surface area contributed by atoms with Gasteiger partial charge in [0.25, 0.3) is 0 Å². The first-order valence-corrected chi connectivity index (χ1v) is 6.17. The van der Waals surface area contributed by atoms with Gasteiger partial charge in [0.2, 0.25) is 0 Å². The third-order valence-electron chi connectivity index (χ3n) is 1.99. The molecule has 9 heteroatoms. The smallest absolute Gasteiger partial charge is 0.460 e. The number of alkyl halides is 3. The van der Waals surface area contributed by atoms with Gasteiger partial charge in [-0.05, 0) is 12.1 Å². The summed E-state index contributed by atoms with van der Waals surface area (Å²) in [5.74, 6) is -0.543. The van der Waals surface area contributed by atoms with Gasteiger partial charge in [0.15, 0.2) is 5.75 Å².